The van der Waals surface area contributed by atoms with E-state index in [1.54, 1.807) is 25.3 Å². The van der Waals surface area contributed by atoms with Crippen LogP contribution in [0.15, 0.2) is 40.8 Å². The molecule has 0 unspecified atom stereocenters. The summed E-state index contributed by atoms with van der Waals surface area (Å²) < 4.78 is 22.0. The molecule has 1 amide bonds. The maximum Gasteiger partial charge on any atom is 0.325 e. The Kier molecular flexibility index (Phi) is 8.27. The summed E-state index contributed by atoms with van der Waals surface area (Å²) in [5, 5.41) is 5.97. The van der Waals surface area contributed by atoms with Crippen molar-refractivity contribution in [2.45, 2.75) is 32.4 Å². The molecule has 0 atom stereocenters. The van der Waals surface area contributed by atoms with Crippen LogP contribution in [-0.4, -0.2) is 63.4 Å². The van der Waals surface area contributed by atoms with Crippen LogP contribution in [0, 0.1) is 0 Å². The van der Waals surface area contributed by atoms with Gasteiger partial charge >= 0.3 is 5.97 Å². The van der Waals surface area contributed by atoms with Gasteiger partial charge in [0.15, 0.2) is 17.1 Å². The number of carbonyl (C=O) groups is 2. The maximum absolute atomic E-state index is 12.8. The molecule has 1 aromatic heterocycles. The highest BCUT2D eigenvalue weighted by Crippen LogP contribution is 2.32. The van der Waals surface area contributed by atoms with Crippen LogP contribution in [-0.2, 0) is 16.1 Å². The fraction of sp³-hybridized carbons (Fsp3) is 0.423. The van der Waals surface area contributed by atoms with Crippen molar-refractivity contribution in [2.24, 2.45) is 0 Å². The predicted octanol–water partition coefficient (Wildman–Crippen LogP) is 2.90. The van der Waals surface area contributed by atoms with Crippen molar-refractivity contribution < 1.29 is 28.2 Å². The first-order chi connectivity index (χ1) is 17.5. The van der Waals surface area contributed by atoms with E-state index in [9.17, 15) is 9.59 Å². The number of ether oxygens (including phenoxy) is 3. The van der Waals surface area contributed by atoms with Crippen LogP contribution in [0.3, 0.4) is 0 Å². The zero-order chi connectivity index (χ0) is 25.5. The summed E-state index contributed by atoms with van der Waals surface area (Å²) in [6, 6.07) is 11.7. The van der Waals surface area contributed by atoms with Gasteiger partial charge in [0.05, 0.1) is 26.4 Å². The fourth-order valence-electron chi connectivity index (χ4n) is 4.32. The third-order valence-corrected chi connectivity index (χ3v) is 6.15. The number of para-hydroxylation sites is 1. The third-order valence-electron chi connectivity index (χ3n) is 6.15. The fourth-order valence-corrected chi connectivity index (χ4v) is 4.32. The third kappa shape index (κ3) is 5.71. The van der Waals surface area contributed by atoms with Crippen LogP contribution < -0.4 is 25.0 Å². The van der Waals surface area contributed by atoms with Crippen molar-refractivity contribution in [3.8, 4) is 11.5 Å². The number of hydrogen-bond acceptors (Lipinski definition) is 9. The Morgan fingerprint density at radius 1 is 1.17 bits per heavy atom. The first kappa shape index (κ1) is 25.3. The predicted molar refractivity (Wildman–Crippen MR) is 135 cm³/mol. The number of benzene rings is 2. The molecule has 0 radical (unpaired) electrons. The Balaban J connectivity index is 1.67. The largest absolute Gasteiger partial charge is 0.493 e. The molecule has 2 N–H and O–H groups in total. The molecule has 4 rings (SSSR count). The van der Waals surface area contributed by atoms with E-state index in [1.807, 2.05) is 25.1 Å². The van der Waals surface area contributed by atoms with E-state index in [0.29, 0.717) is 47.3 Å². The lowest BCUT2D eigenvalue weighted by molar-refractivity contribution is -0.139. The average molecular weight is 497 g/mol. The number of rotatable bonds is 10. The highest BCUT2D eigenvalue weighted by Gasteiger charge is 2.27. The minimum atomic E-state index is -0.528. The molecular weight excluding hydrogens is 464 g/mol. The topological polar surface area (TPSA) is 115 Å². The molecule has 192 valence electrons. The summed E-state index contributed by atoms with van der Waals surface area (Å²) >= 11 is 0. The molecule has 36 heavy (non-hydrogen) atoms. The lowest BCUT2D eigenvalue weighted by Crippen LogP contribution is -2.43. The number of carbonyl (C=O) groups excluding carboxylic acids is 2. The summed E-state index contributed by atoms with van der Waals surface area (Å²) in [5.74, 6) is 0.415. The van der Waals surface area contributed by atoms with Crippen molar-refractivity contribution in [2.75, 3.05) is 45.4 Å². The van der Waals surface area contributed by atoms with E-state index < -0.39 is 11.9 Å². The van der Waals surface area contributed by atoms with Crippen LogP contribution in [0.25, 0.3) is 11.1 Å². The Bertz CT molecular complexity index is 1200. The number of fused-ring (bicyclic) bond motifs is 1. The number of esters is 1. The number of hydrogen-bond donors (Lipinski definition) is 2. The van der Waals surface area contributed by atoms with Gasteiger partial charge in [-0.05, 0) is 62.7 Å². The maximum atomic E-state index is 12.8. The molecule has 0 bridgehead atoms. The van der Waals surface area contributed by atoms with E-state index in [1.165, 1.54) is 7.11 Å². The van der Waals surface area contributed by atoms with Gasteiger partial charge in [0.2, 0.25) is 0 Å². The number of nitrogens with zero attached hydrogens (tertiary/aromatic N) is 2. The van der Waals surface area contributed by atoms with E-state index in [4.69, 9.17) is 18.9 Å². The number of methoxy groups -OCH3 is 2. The van der Waals surface area contributed by atoms with Gasteiger partial charge in [-0.3, -0.25) is 9.59 Å². The second-order valence-corrected chi connectivity index (χ2v) is 8.43. The number of aromatic nitrogens is 1. The molecule has 0 aliphatic carbocycles. The Labute approximate surface area is 209 Å². The lowest BCUT2D eigenvalue weighted by atomic mass is 10.0. The summed E-state index contributed by atoms with van der Waals surface area (Å²) in [5.41, 5.74) is 2.30. The number of oxazole rings is 1. The molecule has 1 aliphatic rings. The minimum Gasteiger partial charge on any atom is -0.493 e. The summed E-state index contributed by atoms with van der Waals surface area (Å²) in [6.07, 6.45) is 1.86. The SMILES string of the molecule is CCOc1cc(CN(c2nc3c(C(=O)NCC(=O)OC)cccc3o2)C2CCNCC2)ccc1OC. The van der Waals surface area contributed by atoms with Crippen molar-refractivity contribution in [3.05, 3.63) is 47.5 Å². The Hall–Kier alpha value is -3.79. The lowest BCUT2D eigenvalue weighted by Gasteiger charge is -2.33. The normalized spacial score (nSPS) is 13.9. The first-order valence-corrected chi connectivity index (χ1v) is 12.1. The van der Waals surface area contributed by atoms with Crippen LogP contribution in [0.5, 0.6) is 11.5 Å². The monoisotopic (exact) mass is 496 g/mol. The molecule has 10 nitrogen and oxygen atoms in total. The van der Waals surface area contributed by atoms with Gasteiger partial charge < -0.3 is 34.2 Å². The average Bonchev–Trinajstić information content (AvgIpc) is 3.35. The van der Waals surface area contributed by atoms with Crippen molar-refractivity contribution in [3.63, 3.8) is 0 Å². The highest BCUT2D eigenvalue weighted by molar-refractivity contribution is 6.05. The van der Waals surface area contributed by atoms with Gasteiger partial charge in [0.1, 0.15) is 12.1 Å². The molecular formula is C26H32N4O6. The van der Waals surface area contributed by atoms with E-state index in [0.717, 1.165) is 31.5 Å². The van der Waals surface area contributed by atoms with Crippen LogP contribution in [0.2, 0.25) is 0 Å². The molecule has 2 aromatic carbocycles. The zero-order valence-electron chi connectivity index (χ0n) is 20.8. The molecule has 1 saturated heterocycles. The minimum absolute atomic E-state index is 0.202. The van der Waals surface area contributed by atoms with Gasteiger partial charge in [0.25, 0.3) is 11.9 Å². The van der Waals surface area contributed by atoms with Crippen molar-refractivity contribution in [1.82, 2.24) is 15.6 Å². The number of amides is 1. The number of nitrogens with one attached hydrogen (secondary N) is 2. The van der Waals surface area contributed by atoms with E-state index >= 15 is 0 Å². The van der Waals surface area contributed by atoms with Gasteiger partial charge in [-0.15, -0.1) is 0 Å². The molecule has 0 saturated carbocycles. The Morgan fingerprint density at radius 2 is 1.97 bits per heavy atom. The van der Waals surface area contributed by atoms with Gasteiger partial charge in [-0.1, -0.05) is 12.1 Å². The Morgan fingerprint density at radius 3 is 2.69 bits per heavy atom. The van der Waals surface area contributed by atoms with Crippen molar-refractivity contribution in [1.29, 1.82) is 0 Å². The summed E-state index contributed by atoms with van der Waals surface area (Å²) in [7, 11) is 2.89. The smallest absolute Gasteiger partial charge is 0.325 e. The first-order valence-electron chi connectivity index (χ1n) is 12.1. The molecule has 0 spiro atoms. The van der Waals surface area contributed by atoms with Crippen molar-refractivity contribution >= 4 is 29.0 Å². The number of anilines is 1. The molecule has 1 fully saturated rings. The quantitative estimate of drug-likeness (QED) is 0.409. The second kappa shape index (κ2) is 11.8. The van der Waals surface area contributed by atoms with Gasteiger partial charge in [-0.2, -0.15) is 4.98 Å². The van der Waals surface area contributed by atoms with Crippen LogP contribution >= 0.6 is 0 Å². The molecule has 1 aliphatic heterocycles. The molecule has 3 aromatic rings. The second-order valence-electron chi connectivity index (χ2n) is 8.43. The molecule has 10 heteroatoms. The summed E-state index contributed by atoms with van der Waals surface area (Å²) in [4.78, 5) is 31.1. The molecule has 2 heterocycles. The zero-order valence-corrected chi connectivity index (χ0v) is 20.8. The highest BCUT2D eigenvalue weighted by atomic mass is 16.5. The number of piperidine rings is 1. The van der Waals surface area contributed by atoms with E-state index in [-0.39, 0.29) is 12.6 Å². The summed E-state index contributed by atoms with van der Waals surface area (Å²) in [6.45, 7) is 4.59. The van der Waals surface area contributed by atoms with Crippen LogP contribution in [0.4, 0.5) is 6.01 Å². The standard InChI is InChI=1S/C26H32N4O6/c1-4-35-22-14-17(8-9-20(22)33-2)16-30(18-10-12-27-13-11-18)26-29-24-19(6-5-7-21(24)36-26)25(32)28-15-23(31)34-3/h5-9,14,18,27H,4,10-13,15-16H2,1-3H3,(H,28,32). The van der Waals surface area contributed by atoms with Gasteiger partial charge in [0, 0.05) is 12.6 Å². The van der Waals surface area contributed by atoms with E-state index in [2.05, 4.69) is 20.3 Å². The van der Waals surface area contributed by atoms with Gasteiger partial charge in [-0.25, -0.2) is 0 Å². The van der Waals surface area contributed by atoms with Crippen LogP contribution in [0.1, 0.15) is 35.7 Å².